The largest absolute Gasteiger partial charge is 0.478 e. The van der Waals surface area contributed by atoms with Crippen LogP contribution < -0.4 is 4.72 Å². The summed E-state index contributed by atoms with van der Waals surface area (Å²) in [7, 11) is -4.20. The maximum absolute atomic E-state index is 13.7. The van der Waals surface area contributed by atoms with E-state index in [9.17, 15) is 17.6 Å². The normalized spacial score (nSPS) is 11.1. The Morgan fingerprint density at radius 2 is 1.76 bits per heavy atom. The summed E-state index contributed by atoms with van der Waals surface area (Å²) in [6, 6.07) is 9.02. The van der Waals surface area contributed by atoms with Crippen LogP contribution in [0, 0.1) is 9.39 Å². The summed E-state index contributed by atoms with van der Waals surface area (Å²) in [5, 5.41) is 8.85. The lowest BCUT2D eigenvalue weighted by atomic mass is 10.2. The minimum absolute atomic E-state index is 0.260. The Labute approximate surface area is 134 Å². The van der Waals surface area contributed by atoms with Gasteiger partial charge in [0.2, 0.25) is 0 Å². The van der Waals surface area contributed by atoms with Gasteiger partial charge in [-0.25, -0.2) is 17.6 Å². The van der Waals surface area contributed by atoms with Crippen molar-refractivity contribution in [3.63, 3.8) is 0 Å². The summed E-state index contributed by atoms with van der Waals surface area (Å²) >= 11 is 2.06. The van der Waals surface area contributed by atoms with E-state index in [2.05, 4.69) is 27.3 Å². The molecule has 2 rings (SSSR count). The van der Waals surface area contributed by atoms with E-state index < -0.39 is 26.7 Å². The molecule has 0 aliphatic carbocycles. The zero-order valence-corrected chi connectivity index (χ0v) is 13.4. The molecule has 2 aromatic rings. The van der Waals surface area contributed by atoms with Crippen LogP contribution in [-0.2, 0) is 10.0 Å². The number of halogens is 2. The third-order valence-electron chi connectivity index (χ3n) is 2.56. The molecule has 0 atom stereocenters. The van der Waals surface area contributed by atoms with Gasteiger partial charge in [0.25, 0.3) is 10.0 Å². The molecule has 110 valence electrons. The fraction of sp³-hybridized carbons (Fsp3) is 0. The molecule has 0 heterocycles. The number of rotatable bonds is 4. The number of benzene rings is 2. The van der Waals surface area contributed by atoms with Gasteiger partial charge in [-0.2, -0.15) is 0 Å². The van der Waals surface area contributed by atoms with Gasteiger partial charge in [0.05, 0.1) is 5.56 Å². The van der Waals surface area contributed by atoms with Gasteiger partial charge >= 0.3 is 5.97 Å². The number of nitrogens with one attached hydrogen (secondary N) is 1. The molecule has 0 unspecified atom stereocenters. The first kappa shape index (κ1) is 15.7. The van der Waals surface area contributed by atoms with E-state index in [1.165, 1.54) is 12.1 Å². The zero-order chi connectivity index (χ0) is 15.6. The highest BCUT2D eigenvalue weighted by atomic mass is 127. The summed E-state index contributed by atoms with van der Waals surface area (Å²) < 4.78 is 41.1. The summed E-state index contributed by atoms with van der Waals surface area (Å²) in [6.07, 6.45) is 0. The van der Waals surface area contributed by atoms with Crippen LogP contribution in [0.3, 0.4) is 0 Å². The molecule has 0 fully saturated rings. The van der Waals surface area contributed by atoms with Crippen molar-refractivity contribution in [2.24, 2.45) is 0 Å². The minimum Gasteiger partial charge on any atom is -0.478 e. The molecule has 0 saturated heterocycles. The molecule has 0 aliphatic rings. The third kappa shape index (κ3) is 3.70. The fourth-order valence-electron chi connectivity index (χ4n) is 1.57. The molecule has 0 aliphatic heterocycles. The Balaban J connectivity index is 2.41. The molecule has 0 bridgehead atoms. The molecule has 0 spiro atoms. The Bertz CT molecular complexity index is 790. The first-order valence-electron chi connectivity index (χ1n) is 5.61. The lowest BCUT2D eigenvalue weighted by molar-refractivity contribution is 0.0696. The Morgan fingerprint density at radius 1 is 1.14 bits per heavy atom. The van der Waals surface area contributed by atoms with Gasteiger partial charge in [0, 0.05) is 9.26 Å². The first-order valence-corrected chi connectivity index (χ1v) is 8.17. The summed E-state index contributed by atoms with van der Waals surface area (Å²) in [5.41, 5.74) is -0.0464. The maximum atomic E-state index is 13.7. The molecule has 0 amide bonds. The van der Waals surface area contributed by atoms with E-state index in [1.807, 2.05) is 0 Å². The Kier molecular flexibility index (Phi) is 4.47. The van der Waals surface area contributed by atoms with Crippen LogP contribution in [0.2, 0.25) is 0 Å². The van der Waals surface area contributed by atoms with Gasteiger partial charge in [-0.1, -0.05) is 0 Å². The standard InChI is InChI=1S/C13H9FINO4S/c14-11-6-1-8(13(17)18)7-12(11)21(19,20)16-10-4-2-9(15)3-5-10/h1-7,16H,(H,17,18). The average molecular weight is 421 g/mol. The maximum Gasteiger partial charge on any atom is 0.335 e. The number of carboxylic acid groups (broad SMARTS) is 1. The van der Waals surface area contributed by atoms with Crippen molar-refractivity contribution in [3.8, 4) is 0 Å². The highest BCUT2D eigenvalue weighted by molar-refractivity contribution is 14.1. The minimum atomic E-state index is -4.20. The summed E-state index contributed by atoms with van der Waals surface area (Å²) in [4.78, 5) is 10.1. The molecule has 8 heteroatoms. The SMILES string of the molecule is O=C(O)c1ccc(F)c(S(=O)(=O)Nc2ccc(I)cc2)c1. The van der Waals surface area contributed by atoms with E-state index in [0.29, 0.717) is 0 Å². The van der Waals surface area contributed by atoms with Crippen LogP contribution in [0.25, 0.3) is 0 Å². The van der Waals surface area contributed by atoms with E-state index in [1.54, 1.807) is 12.1 Å². The smallest absolute Gasteiger partial charge is 0.335 e. The van der Waals surface area contributed by atoms with Crippen LogP contribution in [0.5, 0.6) is 0 Å². The van der Waals surface area contributed by atoms with Crippen LogP contribution in [0.1, 0.15) is 10.4 Å². The Hall–Kier alpha value is -1.68. The van der Waals surface area contributed by atoms with Crippen LogP contribution in [-0.4, -0.2) is 19.5 Å². The second kappa shape index (κ2) is 5.98. The fourth-order valence-corrected chi connectivity index (χ4v) is 3.09. The number of hydrogen-bond donors (Lipinski definition) is 2. The lowest BCUT2D eigenvalue weighted by Crippen LogP contribution is -2.15. The van der Waals surface area contributed by atoms with Crippen LogP contribution in [0.15, 0.2) is 47.4 Å². The van der Waals surface area contributed by atoms with Gasteiger partial charge in [-0.15, -0.1) is 0 Å². The number of anilines is 1. The van der Waals surface area contributed by atoms with E-state index in [-0.39, 0.29) is 11.3 Å². The quantitative estimate of drug-likeness (QED) is 0.744. The second-order valence-electron chi connectivity index (χ2n) is 4.06. The molecular weight excluding hydrogens is 412 g/mol. The zero-order valence-electron chi connectivity index (χ0n) is 10.4. The molecule has 2 aromatic carbocycles. The van der Waals surface area contributed by atoms with Gasteiger partial charge in [0.1, 0.15) is 10.7 Å². The molecule has 5 nitrogen and oxygen atoms in total. The first-order chi connectivity index (χ1) is 9.79. The molecule has 0 aromatic heterocycles. The van der Waals surface area contributed by atoms with Gasteiger partial charge in [0.15, 0.2) is 0 Å². The van der Waals surface area contributed by atoms with Crippen molar-refractivity contribution in [1.82, 2.24) is 0 Å². The molecule has 2 N–H and O–H groups in total. The second-order valence-corrected chi connectivity index (χ2v) is 6.96. The molecule has 21 heavy (non-hydrogen) atoms. The van der Waals surface area contributed by atoms with Gasteiger partial charge in [-0.05, 0) is 65.1 Å². The van der Waals surface area contributed by atoms with Crippen LogP contribution in [0.4, 0.5) is 10.1 Å². The van der Waals surface area contributed by atoms with Crippen molar-refractivity contribution in [1.29, 1.82) is 0 Å². The number of aromatic carboxylic acids is 1. The lowest BCUT2D eigenvalue weighted by Gasteiger charge is -2.09. The van der Waals surface area contributed by atoms with E-state index in [4.69, 9.17) is 5.11 Å². The van der Waals surface area contributed by atoms with E-state index in [0.717, 1.165) is 21.8 Å². The average Bonchev–Trinajstić information content (AvgIpc) is 2.41. The van der Waals surface area contributed by atoms with E-state index >= 15 is 0 Å². The summed E-state index contributed by atoms with van der Waals surface area (Å²) in [6.45, 7) is 0. The van der Waals surface area contributed by atoms with Gasteiger partial charge < -0.3 is 5.11 Å². The summed E-state index contributed by atoms with van der Waals surface area (Å²) in [5.74, 6) is -2.35. The van der Waals surface area contributed by atoms with Crippen LogP contribution >= 0.6 is 22.6 Å². The Morgan fingerprint density at radius 3 is 2.33 bits per heavy atom. The number of hydrogen-bond acceptors (Lipinski definition) is 3. The third-order valence-corrected chi connectivity index (χ3v) is 4.68. The van der Waals surface area contributed by atoms with Crippen molar-refractivity contribution >= 4 is 44.3 Å². The van der Waals surface area contributed by atoms with Crippen molar-refractivity contribution in [3.05, 3.63) is 57.4 Å². The highest BCUT2D eigenvalue weighted by Crippen LogP contribution is 2.21. The number of carbonyl (C=O) groups is 1. The number of carboxylic acids is 1. The molecule has 0 radical (unpaired) electrons. The predicted molar refractivity (Wildman–Crippen MR) is 83.3 cm³/mol. The van der Waals surface area contributed by atoms with Crippen molar-refractivity contribution < 1.29 is 22.7 Å². The topological polar surface area (TPSA) is 83.5 Å². The predicted octanol–water partition coefficient (Wildman–Crippen LogP) is 2.93. The number of sulfonamides is 1. The monoisotopic (exact) mass is 421 g/mol. The van der Waals surface area contributed by atoms with Crippen molar-refractivity contribution in [2.45, 2.75) is 4.90 Å². The molecule has 0 saturated carbocycles. The van der Waals surface area contributed by atoms with Crippen molar-refractivity contribution in [2.75, 3.05) is 4.72 Å². The van der Waals surface area contributed by atoms with Gasteiger partial charge in [-0.3, -0.25) is 4.72 Å². The highest BCUT2D eigenvalue weighted by Gasteiger charge is 2.21. The molecular formula is C13H9FINO4S.